The second kappa shape index (κ2) is 6.86. The topological polar surface area (TPSA) is 69.3 Å². The van der Waals surface area contributed by atoms with Crippen molar-refractivity contribution in [1.82, 2.24) is 20.0 Å². The van der Waals surface area contributed by atoms with Gasteiger partial charge in [0.05, 0.1) is 5.52 Å². The summed E-state index contributed by atoms with van der Waals surface area (Å²) in [6, 6.07) is 7.60. The van der Waals surface area contributed by atoms with E-state index in [4.69, 9.17) is 0 Å². The van der Waals surface area contributed by atoms with Crippen molar-refractivity contribution in [2.75, 3.05) is 26.2 Å². The fraction of sp³-hybridized carbons (Fsp3) is 0.389. The van der Waals surface area contributed by atoms with Crippen molar-refractivity contribution in [2.45, 2.75) is 20.3 Å². The van der Waals surface area contributed by atoms with Crippen molar-refractivity contribution in [1.29, 1.82) is 0 Å². The van der Waals surface area contributed by atoms with Crippen LogP contribution in [-0.4, -0.2) is 58.0 Å². The largest absolute Gasteiger partial charge is 0.335 e. The second-order valence-electron chi connectivity index (χ2n) is 6.00. The first-order chi connectivity index (χ1) is 11.6. The van der Waals surface area contributed by atoms with Crippen LogP contribution in [0, 0.1) is 0 Å². The number of amides is 2. The van der Waals surface area contributed by atoms with Crippen LogP contribution in [0.2, 0.25) is 0 Å². The van der Waals surface area contributed by atoms with E-state index in [-0.39, 0.29) is 11.8 Å². The number of benzene rings is 1. The van der Waals surface area contributed by atoms with E-state index < -0.39 is 0 Å². The molecule has 0 aliphatic carbocycles. The normalized spacial score (nSPS) is 15.8. The van der Waals surface area contributed by atoms with Gasteiger partial charge in [0.25, 0.3) is 5.91 Å². The van der Waals surface area contributed by atoms with Crippen LogP contribution in [0.5, 0.6) is 0 Å². The van der Waals surface area contributed by atoms with Gasteiger partial charge in [-0.3, -0.25) is 14.7 Å². The molecule has 24 heavy (non-hydrogen) atoms. The zero-order valence-corrected chi connectivity index (χ0v) is 14.1. The first-order valence-corrected chi connectivity index (χ1v) is 8.30. The Morgan fingerprint density at radius 1 is 1.17 bits per heavy atom. The summed E-state index contributed by atoms with van der Waals surface area (Å²) >= 11 is 0. The predicted molar refractivity (Wildman–Crippen MR) is 92.6 cm³/mol. The first kappa shape index (κ1) is 16.2. The van der Waals surface area contributed by atoms with Crippen LogP contribution in [0.4, 0.5) is 0 Å². The molecule has 0 saturated carbocycles. The van der Waals surface area contributed by atoms with Crippen LogP contribution in [0.3, 0.4) is 0 Å². The number of para-hydroxylation sites is 1. The van der Waals surface area contributed by atoms with Gasteiger partial charge in [-0.15, -0.1) is 0 Å². The molecule has 2 amide bonds. The van der Waals surface area contributed by atoms with Crippen molar-refractivity contribution in [3.05, 3.63) is 41.6 Å². The molecule has 2 heterocycles. The Morgan fingerprint density at radius 2 is 1.83 bits per heavy atom. The number of nitrogens with zero attached hydrogens (tertiary/aromatic N) is 3. The number of aromatic amines is 1. The Hall–Kier alpha value is -2.63. The zero-order valence-electron chi connectivity index (χ0n) is 14.1. The molecular formula is C18H22N4O2. The number of allylic oxidation sites excluding steroid dienone is 1. The summed E-state index contributed by atoms with van der Waals surface area (Å²) in [4.78, 5) is 28.6. The highest BCUT2D eigenvalue weighted by Crippen LogP contribution is 2.18. The average molecular weight is 326 g/mol. The molecule has 3 rings (SSSR count). The molecule has 1 N–H and O–H groups in total. The van der Waals surface area contributed by atoms with Gasteiger partial charge in [-0.2, -0.15) is 5.10 Å². The zero-order chi connectivity index (χ0) is 17.1. The number of aromatic nitrogens is 2. The van der Waals surface area contributed by atoms with Crippen molar-refractivity contribution in [2.24, 2.45) is 0 Å². The SMILES string of the molecule is CC/C=C(/C)C(=O)N1CCN(C(=O)c2n[nH]c3ccccc23)CC1. The summed E-state index contributed by atoms with van der Waals surface area (Å²) in [6.07, 6.45) is 2.79. The highest BCUT2D eigenvalue weighted by Gasteiger charge is 2.27. The van der Waals surface area contributed by atoms with Gasteiger partial charge >= 0.3 is 0 Å². The standard InChI is InChI=1S/C18H22N4O2/c1-3-6-13(2)17(23)21-9-11-22(12-10-21)18(24)16-14-7-4-5-8-15(14)19-20-16/h4-8H,3,9-12H2,1-2H3,(H,19,20)/b13-6-. The lowest BCUT2D eigenvalue weighted by Crippen LogP contribution is -2.50. The van der Waals surface area contributed by atoms with Crippen LogP contribution >= 0.6 is 0 Å². The molecule has 1 aliphatic rings. The van der Waals surface area contributed by atoms with Crippen LogP contribution < -0.4 is 0 Å². The molecule has 0 radical (unpaired) electrons. The number of carbonyl (C=O) groups excluding carboxylic acids is 2. The highest BCUT2D eigenvalue weighted by atomic mass is 16.2. The summed E-state index contributed by atoms with van der Waals surface area (Å²) in [7, 11) is 0. The van der Waals surface area contributed by atoms with Gasteiger partial charge in [0, 0.05) is 37.1 Å². The van der Waals surface area contributed by atoms with Gasteiger partial charge < -0.3 is 9.80 Å². The summed E-state index contributed by atoms with van der Waals surface area (Å²) in [5.74, 6) is -0.0189. The second-order valence-corrected chi connectivity index (χ2v) is 6.00. The predicted octanol–water partition coefficient (Wildman–Crippen LogP) is 2.20. The van der Waals surface area contributed by atoms with Crippen LogP contribution in [0.15, 0.2) is 35.9 Å². The molecule has 0 atom stereocenters. The molecule has 2 aromatic rings. The Morgan fingerprint density at radius 3 is 2.54 bits per heavy atom. The Bertz CT molecular complexity index is 785. The van der Waals surface area contributed by atoms with Gasteiger partial charge in [0.1, 0.15) is 0 Å². The van der Waals surface area contributed by atoms with Crippen molar-refractivity contribution in [3.63, 3.8) is 0 Å². The number of nitrogens with one attached hydrogen (secondary N) is 1. The number of hydrogen-bond donors (Lipinski definition) is 1. The van der Waals surface area contributed by atoms with E-state index in [0.29, 0.717) is 31.9 Å². The Labute approximate surface area is 141 Å². The molecule has 1 saturated heterocycles. The van der Waals surface area contributed by atoms with E-state index >= 15 is 0 Å². The van der Waals surface area contributed by atoms with E-state index in [1.165, 1.54) is 0 Å². The molecule has 0 unspecified atom stereocenters. The van der Waals surface area contributed by atoms with E-state index in [1.54, 1.807) is 4.90 Å². The maximum Gasteiger partial charge on any atom is 0.275 e. The fourth-order valence-corrected chi connectivity index (χ4v) is 3.03. The molecule has 1 aromatic heterocycles. The number of rotatable bonds is 3. The molecular weight excluding hydrogens is 304 g/mol. The third-order valence-corrected chi connectivity index (χ3v) is 4.37. The van der Waals surface area contributed by atoms with Gasteiger partial charge in [0.2, 0.25) is 5.91 Å². The van der Waals surface area contributed by atoms with Crippen molar-refractivity contribution < 1.29 is 9.59 Å². The van der Waals surface area contributed by atoms with Gasteiger partial charge in [-0.05, 0) is 19.4 Å². The van der Waals surface area contributed by atoms with Crippen molar-refractivity contribution in [3.8, 4) is 0 Å². The highest BCUT2D eigenvalue weighted by molar-refractivity contribution is 6.04. The molecule has 126 valence electrons. The third-order valence-electron chi connectivity index (χ3n) is 4.37. The number of carbonyl (C=O) groups is 2. The first-order valence-electron chi connectivity index (χ1n) is 8.30. The summed E-state index contributed by atoms with van der Waals surface area (Å²) in [6.45, 7) is 6.04. The van der Waals surface area contributed by atoms with Crippen LogP contribution in [0.1, 0.15) is 30.8 Å². The smallest absolute Gasteiger partial charge is 0.275 e. The minimum Gasteiger partial charge on any atom is -0.335 e. The Kier molecular flexibility index (Phi) is 4.64. The van der Waals surface area contributed by atoms with E-state index in [1.807, 2.05) is 49.1 Å². The van der Waals surface area contributed by atoms with Crippen molar-refractivity contribution >= 4 is 22.7 Å². The number of fused-ring (bicyclic) bond motifs is 1. The maximum absolute atomic E-state index is 12.7. The maximum atomic E-state index is 12.7. The van der Waals surface area contributed by atoms with E-state index in [0.717, 1.165) is 22.9 Å². The lowest BCUT2D eigenvalue weighted by Gasteiger charge is -2.34. The van der Waals surface area contributed by atoms with Gasteiger partial charge in [-0.1, -0.05) is 31.2 Å². The average Bonchev–Trinajstić information content (AvgIpc) is 3.05. The quantitative estimate of drug-likeness (QED) is 0.879. The van der Waals surface area contributed by atoms with Crippen LogP contribution in [0.25, 0.3) is 10.9 Å². The van der Waals surface area contributed by atoms with Gasteiger partial charge in [-0.25, -0.2) is 0 Å². The minimum atomic E-state index is -0.0830. The fourth-order valence-electron chi connectivity index (χ4n) is 3.03. The lowest BCUT2D eigenvalue weighted by molar-refractivity contribution is -0.128. The lowest BCUT2D eigenvalue weighted by atomic mass is 10.1. The summed E-state index contributed by atoms with van der Waals surface area (Å²) < 4.78 is 0. The third kappa shape index (κ3) is 3.04. The number of piperazine rings is 1. The molecule has 1 aromatic carbocycles. The summed E-state index contributed by atoms with van der Waals surface area (Å²) in [5.41, 5.74) is 2.08. The monoisotopic (exact) mass is 326 g/mol. The number of H-pyrrole nitrogens is 1. The Balaban J connectivity index is 1.67. The molecule has 6 nitrogen and oxygen atoms in total. The van der Waals surface area contributed by atoms with Crippen LogP contribution in [-0.2, 0) is 4.79 Å². The summed E-state index contributed by atoms with van der Waals surface area (Å²) in [5, 5.41) is 7.90. The molecule has 0 spiro atoms. The van der Waals surface area contributed by atoms with E-state index in [9.17, 15) is 9.59 Å². The molecule has 6 heteroatoms. The number of hydrogen-bond acceptors (Lipinski definition) is 3. The molecule has 1 aliphatic heterocycles. The van der Waals surface area contributed by atoms with E-state index in [2.05, 4.69) is 10.2 Å². The molecule has 1 fully saturated rings. The molecule has 0 bridgehead atoms. The minimum absolute atomic E-state index is 0.0640. The van der Waals surface area contributed by atoms with Gasteiger partial charge in [0.15, 0.2) is 5.69 Å².